The maximum atomic E-state index is 14.3. The van der Waals surface area contributed by atoms with Crippen molar-refractivity contribution < 1.29 is 13.9 Å². The lowest BCUT2D eigenvalue weighted by molar-refractivity contribution is -0.158. The van der Waals surface area contributed by atoms with Gasteiger partial charge >= 0.3 is 5.97 Å². The Morgan fingerprint density at radius 3 is 2.76 bits per heavy atom. The quantitative estimate of drug-likeness (QED) is 0.838. The number of piperazine rings is 1. The van der Waals surface area contributed by atoms with Gasteiger partial charge in [0.05, 0.1) is 6.61 Å². The van der Waals surface area contributed by atoms with Gasteiger partial charge in [0.15, 0.2) is 0 Å². The molecule has 0 amide bonds. The van der Waals surface area contributed by atoms with Gasteiger partial charge in [-0.1, -0.05) is 15.9 Å². The molecule has 1 aliphatic heterocycles. The lowest BCUT2D eigenvalue weighted by Gasteiger charge is -2.41. The zero-order valence-electron chi connectivity index (χ0n) is 12.3. The highest BCUT2D eigenvalue weighted by molar-refractivity contribution is 9.10. The highest BCUT2D eigenvalue weighted by Gasteiger charge is 2.44. The molecule has 2 rings (SSSR count). The van der Waals surface area contributed by atoms with Crippen LogP contribution in [0.2, 0.25) is 0 Å². The Balaban J connectivity index is 2.48. The van der Waals surface area contributed by atoms with Crippen LogP contribution in [0, 0.1) is 5.82 Å². The number of carbonyl (C=O) groups is 1. The van der Waals surface area contributed by atoms with Gasteiger partial charge in [0.2, 0.25) is 0 Å². The maximum absolute atomic E-state index is 14.3. The molecule has 1 aromatic carbocycles. The summed E-state index contributed by atoms with van der Waals surface area (Å²) in [6, 6.07) is 4.66. The van der Waals surface area contributed by atoms with Crippen molar-refractivity contribution in [1.29, 1.82) is 0 Å². The summed E-state index contributed by atoms with van der Waals surface area (Å²) in [5.74, 6) is -0.809. The molecule has 21 heavy (non-hydrogen) atoms. The number of ether oxygens (including phenoxy) is 1. The van der Waals surface area contributed by atoms with Gasteiger partial charge in [-0.15, -0.1) is 0 Å². The maximum Gasteiger partial charge on any atom is 0.331 e. The number of nitrogens with zero attached hydrogens (tertiary/aromatic N) is 1. The van der Waals surface area contributed by atoms with E-state index in [0.29, 0.717) is 18.7 Å². The van der Waals surface area contributed by atoms with Crippen molar-refractivity contribution in [2.75, 3.05) is 32.8 Å². The molecular formula is C15H20BrFN2O2. The molecule has 1 fully saturated rings. The molecule has 0 spiro atoms. The third-order valence-corrected chi connectivity index (χ3v) is 4.37. The van der Waals surface area contributed by atoms with Crippen molar-refractivity contribution in [3.63, 3.8) is 0 Å². The number of hydrogen-bond acceptors (Lipinski definition) is 4. The molecule has 1 aliphatic rings. The summed E-state index contributed by atoms with van der Waals surface area (Å²) in [7, 11) is 0. The average molecular weight is 359 g/mol. The normalized spacial score (nSPS) is 19.0. The molecule has 0 radical (unpaired) electrons. The number of benzene rings is 1. The van der Waals surface area contributed by atoms with Gasteiger partial charge in [-0.05, 0) is 32.0 Å². The molecule has 1 aromatic rings. The van der Waals surface area contributed by atoms with E-state index in [1.807, 2.05) is 4.90 Å². The number of nitrogens with one attached hydrogen (secondary N) is 1. The van der Waals surface area contributed by atoms with Crippen LogP contribution in [0.5, 0.6) is 0 Å². The monoisotopic (exact) mass is 358 g/mol. The van der Waals surface area contributed by atoms with Crippen molar-refractivity contribution in [3.8, 4) is 0 Å². The molecule has 116 valence electrons. The minimum atomic E-state index is -1.12. The Kier molecular flexibility index (Phi) is 5.35. The van der Waals surface area contributed by atoms with Gasteiger partial charge in [0.1, 0.15) is 11.4 Å². The van der Waals surface area contributed by atoms with Crippen LogP contribution in [-0.4, -0.2) is 43.7 Å². The third kappa shape index (κ3) is 3.27. The molecule has 6 heteroatoms. The molecule has 1 heterocycles. The first-order valence-electron chi connectivity index (χ1n) is 7.08. The second kappa shape index (κ2) is 6.85. The molecule has 1 N–H and O–H groups in total. The molecule has 0 aliphatic carbocycles. The summed E-state index contributed by atoms with van der Waals surface area (Å²) in [6.07, 6.45) is 0. The van der Waals surface area contributed by atoms with Crippen LogP contribution in [0.25, 0.3) is 0 Å². The molecule has 0 aromatic heterocycles. The summed E-state index contributed by atoms with van der Waals surface area (Å²) in [6.45, 7) is 6.64. The Morgan fingerprint density at radius 2 is 2.14 bits per heavy atom. The van der Waals surface area contributed by atoms with E-state index in [1.54, 1.807) is 26.0 Å². The largest absolute Gasteiger partial charge is 0.464 e. The van der Waals surface area contributed by atoms with E-state index >= 15 is 0 Å². The number of hydrogen-bond donors (Lipinski definition) is 1. The molecule has 0 bridgehead atoms. The second-order valence-corrected chi connectivity index (χ2v) is 6.07. The third-order valence-electron chi connectivity index (χ3n) is 3.88. The van der Waals surface area contributed by atoms with Gasteiger partial charge in [-0.3, -0.25) is 4.90 Å². The SMILES string of the molecule is CCOC(=O)C(C)(c1cc(Br)ccc1F)N1CCNCC1. The molecule has 1 saturated heterocycles. The zero-order valence-corrected chi connectivity index (χ0v) is 13.9. The molecule has 0 saturated carbocycles. The Hall–Kier alpha value is -0.980. The molecule has 1 unspecified atom stereocenters. The topological polar surface area (TPSA) is 41.6 Å². The summed E-state index contributed by atoms with van der Waals surface area (Å²) in [4.78, 5) is 14.5. The summed E-state index contributed by atoms with van der Waals surface area (Å²) < 4.78 is 20.3. The predicted octanol–water partition coefficient (Wildman–Crippen LogP) is 2.27. The summed E-state index contributed by atoms with van der Waals surface area (Å²) in [5, 5.41) is 3.24. The van der Waals surface area contributed by atoms with Crippen molar-refractivity contribution in [1.82, 2.24) is 10.2 Å². The fourth-order valence-corrected chi connectivity index (χ4v) is 3.02. The first-order chi connectivity index (χ1) is 10.00. The highest BCUT2D eigenvalue weighted by Crippen LogP contribution is 2.33. The second-order valence-electron chi connectivity index (χ2n) is 5.15. The number of carbonyl (C=O) groups excluding carboxylic acids is 1. The lowest BCUT2D eigenvalue weighted by Crippen LogP contribution is -2.57. The molecule has 1 atom stereocenters. The van der Waals surface area contributed by atoms with Gasteiger partial charge < -0.3 is 10.1 Å². The smallest absolute Gasteiger partial charge is 0.331 e. The fraction of sp³-hybridized carbons (Fsp3) is 0.533. The van der Waals surface area contributed by atoms with E-state index in [1.165, 1.54) is 6.07 Å². The lowest BCUT2D eigenvalue weighted by atomic mass is 9.88. The van der Waals surface area contributed by atoms with E-state index in [9.17, 15) is 9.18 Å². The van der Waals surface area contributed by atoms with Crippen molar-refractivity contribution in [2.45, 2.75) is 19.4 Å². The van der Waals surface area contributed by atoms with Crippen molar-refractivity contribution in [3.05, 3.63) is 34.1 Å². The van der Waals surface area contributed by atoms with Gasteiger partial charge in [0.25, 0.3) is 0 Å². The van der Waals surface area contributed by atoms with Crippen LogP contribution in [0.4, 0.5) is 4.39 Å². The first-order valence-corrected chi connectivity index (χ1v) is 7.88. The van der Waals surface area contributed by atoms with E-state index in [2.05, 4.69) is 21.2 Å². The van der Waals surface area contributed by atoms with Crippen LogP contribution in [-0.2, 0) is 15.1 Å². The van der Waals surface area contributed by atoms with Gasteiger partial charge in [-0.2, -0.15) is 0 Å². The van der Waals surface area contributed by atoms with Gasteiger partial charge in [0, 0.05) is 36.2 Å². The van der Waals surface area contributed by atoms with Crippen LogP contribution >= 0.6 is 15.9 Å². The fourth-order valence-electron chi connectivity index (χ4n) is 2.66. The standard InChI is InChI=1S/C15H20BrFN2O2/c1-3-21-14(20)15(2,19-8-6-18-7-9-19)12-10-11(16)4-5-13(12)17/h4-5,10,18H,3,6-9H2,1-2H3. The Labute approximate surface area is 132 Å². The Bertz CT molecular complexity index is 520. The van der Waals surface area contributed by atoms with E-state index in [0.717, 1.165) is 17.6 Å². The average Bonchev–Trinajstić information content (AvgIpc) is 2.50. The van der Waals surface area contributed by atoms with E-state index < -0.39 is 17.3 Å². The minimum absolute atomic E-state index is 0.274. The van der Waals surface area contributed by atoms with Crippen LogP contribution in [0.3, 0.4) is 0 Å². The summed E-state index contributed by atoms with van der Waals surface area (Å²) in [5.41, 5.74) is -0.774. The van der Waals surface area contributed by atoms with E-state index in [4.69, 9.17) is 4.74 Å². The number of rotatable bonds is 4. The van der Waals surface area contributed by atoms with E-state index in [-0.39, 0.29) is 6.61 Å². The molecular weight excluding hydrogens is 339 g/mol. The number of esters is 1. The van der Waals surface area contributed by atoms with Crippen LogP contribution in [0.1, 0.15) is 19.4 Å². The molecule has 4 nitrogen and oxygen atoms in total. The van der Waals surface area contributed by atoms with Gasteiger partial charge in [-0.25, -0.2) is 9.18 Å². The minimum Gasteiger partial charge on any atom is -0.464 e. The van der Waals surface area contributed by atoms with Crippen molar-refractivity contribution in [2.24, 2.45) is 0 Å². The van der Waals surface area contributed by atoms with Crippen molar-refractivity contribution >= 4 is 21.9 Å². The Morgan fingerprint density at radius 1 is 1.48 bits per heavy atom. The van der Waals surface area contributed by atoms with Crippen LogP contribution in [0.15, 0.2) is 22.7 Å². The van der Waals surface area contributed by atoms with Crippen LogP contribution < -0.4 is 5.32 Å². The number of halogens is 2. The zero-order chi connectivity index (χ0) is 15.5. The first kappa shape index (κ1) is 16.4. The predicted molar refractivity (Wildman–Crippen MR) is 82.5 cm³/mol. The highest BCUT2D eigenvalue weighted by atomic mass is 79.9. The summed E-state index contributed by atoms with van der Waals surface area (Å²) >= 11 is 3.35.